The lowest BCUT2D eigenvalue weighted by atomic mass is 10.0. The maximum atomic E-state index is 11.5. The molecule has 0 aromatic rings. The Morgan fingerprint density at radius 3 is 2.69 bits per heavy atom. The quantitative estimate of drug-likeness (QED) is 0.735. The minimum atomic E-state index is -0.535. The molecular formula is C11H19NO4. The van der Waals surface area contributed by atoms with E-state index in [1.165, 1.54) is 0 Å². The minimum Gasteiger partial charge on any atom is -0.444 e. The summed E-state index contributed by atoms with van der Waals surface area (Å²) in [5.74, 6) is -0.000779. The van der Waals surface area contributed by atoms with Crippen LogP contribution in [0.4, 0.5) is 4.79 Å². The maximum absolute atomic E-state index is 11.5. The molecule has 0 aromatic heterocycles. The van der Waals surface area contributed by atoms with Gasteiger partial charge >= 0.3 is 6.09 Å². The number of ether oxygens (including phenoxy) is 2. The SMILES string of the molecule is C[C@H]1OCC(=O)C[C@H]1NC(=O)OC(C)(C)C. The minimum absolute atomic E-state index is 0.000779. The molecule has 1 aliphatic rings. The number of carbonyl (C=O) groups excluding carboxylic acids is 2. The van der Waals surface area contributed by atoms with Crippen molar-refractivity contribution in [2.45, 2.75) is 51.9 Å². The largest absolute Gasteiger partial charge is 0.444 e. The standard InChI is InChI=1S/C11H19NO4/c1-7-9(5-8(13)6-15-7)12-10(14)16-11(2,3)4/h7,9H,5-6H2,1-4H3,(H,12,14)/t7-,9-/m1/s1. The normalized spacial score (nSPS) is 26.4. The van der Waals surface area contributed by atoms with E-state index >= 15 is 0 Å². The van der Waals surface area contributed by atoms with Crippen LogP contribution in [0.5, 0.6) is 0 Å². The lowest BCUT2D eigenvalue weighted by molar-refractivity contribution is -0.132. The van der Waals surface area contributed by atoms with Crippen LogP contribution in [0.25, 0.3) is 0 Å². The van der Waals surface area contributed by atoms with Crippen LogP contribution in [0.15, 0.2) is 0 Å². The Bertz CT molecular complexity index is 282. The fourth-order valence-electron chi connectivity index (χ4n) is 1.44. The molecule has 0 aliphatic carbocycles. The molecule has 1 heterocycles. The molecule has 92 valence electrons. The Labute approximate surface area is 95.5 Å². The zero-order valence-corrected chi connectivity index (χ0v) is 10.2. The van der Waals surface area contributed by atoms with Crippen molar-refractivity contribution in [1.82, 2.24) is 5.32 Å². The third-order valence-electron chi connectivity index (χ3n) is 2.22. The van der Waals surface area contributed by atoms with Gasteiger partial charge in [0.25, 0.3) is 0 Å². The number of carbonyl (C=O) groups is 2. The summed E-state index contributed by atoms with van der Waals surface area (Å²) in [4.78, 5) is 22.6. The van der Waals surface area contributed by atoms with Gasteiger partial charge in [-0.2, -0.15) is 0 Å². The van der Waals surface area contributed by atoms with Crippen molar-refractivity contribution in [2.75, 3.05) is 6.61 Å². The average molecular weight is 229 g/mol. The molecule has 1 fully saturated rings. The number of amides is 1. The Kier molecular flexibility index (Phi) is 3.91. The second-order valence-electron chi connectivity index (χ2n) is 5.01. The van der Waals surface area contributed by atoms with Gasteiger partial charge in [0.2, 0.25) is 0 Å². The molecule has 0 bridgehead atoms. The third-order valence-corrected chi connectivity index (χ3v) is 2.22. The number of Topliss-reactive ketones (excluding diaryl/α,β-unsaturated/α-hetero) is 1. The molecule has 16 heavy (non-hydrogen) atoms. The first kappa shape index (κ1) is 13.0. The summed E-state index contributed by atoms with van der Waals surface area (Å²) < 4.78 is 10.3. The molecule has 1 N–H and O–H groups in total. The number of nitrogens with one attached hydrogen (secondary N) is 1. The Morgan fingerprint density at radius 1 is 1.50 bits per heavy atom. The molecule has 1 saturated heterocycles. The van der Waals surface area contributed by atoms with Gasteiger partial charge in [0.05, 0.1) is 12.1 Å². The fraction of sp³-hybridized carbons (Fsp3) is 0.818. The van der Waals surface area contributed by atoms with E-state index in [0.717, 1.165) is 0 Å². The second-order valence-corrected chi connectivity index (χ2v) is 5.01. The Balaban J connectivity index is 2.46. The monoisotopic (exact) mass is 229 g/mol. The summed E-state index contributed by atoms with van der Waals surface area (Å²) in [5, 5.41) is 2.65. The highest BCUT2D eigenvalue weighted by Crippen LogP contribution is 2.13. The van der Waals surface area contributed by atoms with E-state index in [-0.39, 0.29) is 24.5 Å². The molecule has 0 saturated carbocycles. The zero-order chi connectivity index (χ0) is 12.3. The summed E-state index contributed by atoms with van der Waals surface area (Å²) in [6.45, 7) is 7.33. The lowest BCUT2D eigenvalue weighted by Gasteiger charge is -2.30. The number of ketones is 1. The molecule has 5 heteroatoms. The highest BCUT2D eigenvalue weighted by Gasteiger charge is 2.29. The van der Waals surface area contributed by atoms with E-state index in [1.807, 2.05) is 6.92 Å². The van der Waals surface area contributed by atoms with Gasteiger partial charge < -0.3 is 14.8 Å². The summed E-state index contributed by atoms with van der Waals surface area (Å²) in [7, 11) is 0. The third kappa shape index (κ3) is 4.18. The fourth-order valence-corrected chi connectivity index (χ4v) is 1.44. The van der Waals surface area contributed by atoms with Crippen molar-refractivity contribution in [1.29, 1.82) is 0 Å². The van der Waals surface area contributed by atoms with Gasteiger partial charge in [-0.15, -0.1) is 0 Å². The molecule has 0 unspecified atom stereocenters. The van der Waals surface area contributed by atoms with Gasteiger partial charge in [-0.1, -0.05) is 0 Å². The first-order valence-electron chi connectivity index (χ1n) is 5.41. The highest BCUT2D eigenvalue weighted by molar-refractivity contribution is 5.81. The van der Waals surface area contributed by atoms with Crippen LogP contribution >= 0.6 is 0 Å². The first-order chi connectivity index (χ1) is 7.28. The van der Waals surface area contributed by atoms with Gasteiger partial charge in [-0.3, -0.25) is 4.79 Å². The van der Waals surface area contributed by atoms with Crippen LogP contribution in [-0.4, -0.2) is 36.2 Å². The first-order valence-corrected chi connectivity index (χ1v) is 5.41. The summed E-state index contributed by atoms with van der Waals surface area (Å²) in [6.07, 6.45) is -0.367. The zero-order valence-electron chi connectivity index (χ0n) is 10.2. The predicted molar refractivity (Wildman–Crippen MR) is 58.2 cm³/mol. The van der Waals surface area contributed by atoms with Crippen molar-refractivity contribution in [3.63, 3.8) is 0 Å². The van der Waals surface area contributed by atoms with Crippen LogP contribution in [0.3, 0.4) is 0 Å². The molecule has 1 rings (SSSR count). The van der Waals surface area contributed by atoms with Crippen molar-refractivity contribution in [3.05, 3.63) is 0 Å². The average Bonchev–Trinajstić information content (AvgIpc) is 2.08. The predicted octanol–water partition coefficient (Wildman–Crippen LogP) is 1.26. The summed E-state index contributed by atoms with van der Waals surface area (Å²) in [6, 6.07) is -0.295. The number of hydrogen-bond donors (Lipinski definition) is 1. The smallest absolute Gasteiger partial charge is 0.407 e. The van der Waals surface area contributed by atoms with Crippen LogP contribution in [0.2, 0.25) is 0 Å². The van der Waals surface area contributed by atoms with E-state index < -0.39 is 11.7 Å². The van der Waals surface area contributed by atoms with Crippen LogP contribution in [0.1, 0.15) is 34.1 Å². The number of alkyl carbamates (subject to hydrolysis) is 1. The number of hydrogen-bond acceptors (Lipinski definition) is 4. The van der Waals surface area contributed by atoms with E-state index in [4.69, 9.17) is 9.47 Å². The molecule has 0 spiro atoms. The van der Waals surface area contributed by atoms with Gasteiger partial charge in [-0.25, -0.2) is 4.79 Å². The Hall–Kier alpha value is -1.10. The number of rotatable bonds is 1. The van der Waals surface area contributed by atoms with Crippen molar-refractivity contribution in [2.24, 2.45) is 0 Å². The van der Waals surface area contributed by atoms with E-state index in [1.54, 1.807) is 20.8 Å². The van der Waals surface area contributed by atoms with Crippen molar-refractivity contribution in [3.8, 4) is 0 Å². The van der Waals surface area contributed by atoms with Crippen LogP contribution in [-0.2, 0) is 14.3 Å². The van der Waals surface area contributed by atoms with Crippen molar-refractivity contribution < 1.29 is 19.1 Å². The van der Waals surface area contributed by atoms with Crippen molar-refractivity contribution >= 4 is 11.9 Å². The molecule has 1 aliphatic heterocycles. The molecule has 5 nitrogen and oxygen atoms in total. The molecular weight excluding hydrogens is 210 g/mol. The van der Waals surface area contributed by atoms with E-state index in [0.29, 0.717) is 6.42 Å². The summed E-state index contributed by atoms with van der Waals surface area (Å²) >= 11 is 0. The second kappa shape index (κ2) is 4.82. The highest BCUT2D eigenvalue weighted by atomic mass is 16.6. The topological polar surface area (TPSA) is 64.6 Å². The Morgan fingerprint density at radius 2 is 2.12 bits per heavy atom. The molecule has 0 radical (unpaired) electrons. The van der Waals surface area contributed by atoms with Gasteiger partial charge in [-0.05, 0) is 27.7 Å². The van der Waals surface area contributed by atoms with E-state index in [2.05, 4.69) is 5.32 Å². The molecule has 1 amide bonds. The summed E-state index contributed by atoms with van der Waals surface area (Å²) in [5.41, 5.74) is -0.535. The molecule has 2 atom stereocenters. The molecule has 0 aromatic carbocycles. The lowest BCUT2D eigenvalue weighted by Crippen LogP contribution is -2.49. The van der Waals surface area contributed by atoms with Crippen LogP contribution < -0.4 is 5.32 Å². The van der Waals surface area contributed by atoms with Gasteiger partial charge in [0, 0.05) is 6.42 Å². The van der Waals surface area contributed by atoms with Gasteiger partial charge in [0.15, 0.2) is 5.78 Å². The van der Waals surface area contributed by atoms with Gasteiger partial charge in [0.1, 0.15) is 12.2 Å². The van der Waals surface area contributed by atoms with E-state index in [9.17, 15) is 9.59 Å². The van der Waals surface area contributed by atoms with Crippen LogP contribution in [0, 0.1) is 0 Å². The maximum Gasteiger partial charge on any atom is 0.407 e.